The standard InChI is InChI=1S/C19H17ClFN5O3/c1-23-17(28)15-19(18(22)29,25-9-24-15)10-2-5-12(6-3-10)26-16(27)13-8-11(21)4-7-14(13)20/h2-8,25H,9H2,1H3,(H2,22,29)(H,23,28)(H,26,27). The maximum Gasteiger partial charge on any atom is 0.267 e. The minimum absolute atomic E-state index is 0.0177. The third-order valence-electron chi connectivity index (χ3n) is 4.50. The van der Waals surface area contributed by atoms with Gasteiger partial charge in [0.15, 0.2) is 5.54 Å². The summed E-state index contributed by atoms with van der Waals surface area (Å²) in [6.07, 6.45) is 0. The first-order valence-electron chi connectivity index (χ1n) is 8.48. The van der Waals surface area contributed by atoms with E-state index in [4.69, 9.17) is 17.3 Å². The minimum atomic E-state index is -1.59. The van der Waals surface area contributed by atoms with Crippen molar-refractivity contribution in [2.24, 2.45) is 10.7 Å². The molecule has 1 aliphatic heterocycles. The Balaban J connectivity index is 1.88. The predicted octanol–water partition coefficient (Wildman–Crippen LogP) is 1.16. The summed E-state index contributed by atoms with van der Waals surface area (Å²) in [5.41, 5.74) is 4.69. The lowest BCUT2D eigenvalue weighted by Gasteiger charge is -2.27. The van der Waals surface area contributed by atoms with Crippen LogP contribution >= 0.6 is 11.6 Å². The summed E-state index contributed by atoms with van der Waals surface area (Å²) < 4.78 is 13.4. The molecule has 3 amide bonds. The van der Waals surface area contributed by atoms with Crippen molar-refractivity contribution in [2.45, 2.75) is 5.54 Å². The first kappa shape index (κ1) is 20.4. The minimum Gasteiger partial charge on any atom is -0.367 e. The van der Waals surface area contributed by atoms with Gasteiger partial charge in [0.05, 0.1) is 17.3 Å². The van der Waals surface area contributed by atoms with Crippen LogP contribution in [0.5, 0.6) is 0 Å². The number of nitrogens with two attached hydrogens (primary N) is 1. The van der Waals surface area contributed by atoms with E-state index < -0.39 is 29.1 Å². The Morgan fingerprint density at radius 2 is 1.86 bits per heavy atom. The zero-order chi connectivity index (χ0) is 21.2. The summed E-state index contributed by atoms with van der Waals surface area (Å²) >= 11 is 5.94. The van der Waals surface area contributed by atoms with E-state index in [0.717, 1.165) is 12.1 Å². The molecule has 1 aliphatic rings. The van der Waals surface area contributed by atoms with Crippen LogP contribution in [0.2, 0.25) is 5.02 Å². The second-order valence-electron chi connectivity index (χ2n) is 6.19. The number of hydrogen-bond acceptors (Lipinski definition) is 5. The largest absolute Gasteiger partial charge is 0.367 e. The number of nitrogens with one attached hydrogen (secondary N) is 3. The molecule has 8 nitrogen and oxygen atoms in total. The summed E-state index contributed by atoms with van der Waals surface area (Å²) in [5, 5.41) is 8.00. The maximum absolute atomic E-state index is 13.4. The lowest BCUT2D eigenvalue weighted by Crippen LogP contribution is -2.58. The summed E-state index contributed by atoms with van der Waals surface area (Å²) in [7, 11) is 1.42. The van der Waals surface area contributed by atoms with Crippen LogP contribution in [0.4, 0.5) is 10.1 Å². The van der Waals surface area contributed by atoms with E-state index in [1.807, 2.05) is 0 Å². The zero-order valence-corrected chi connectivity index (χ0v) is 16.0. The monoisotopic (exact) mass is 417 g/mol. The molecule has 0 aromatic heterocycles. The molecule has 0 saturated heterocycles. The van der Waals surface area contributed by atoms with Crippen molar-refractivity contribution in [2.75, 3.05) is 19.0 Å². The Morgan fingerprint density at radius 3 is 2.48 bits per heavy atom. The van der Waals surface area contributed by atoms with Gasteiger partial charge in [-0.15, -0.1) is 0 Å². The van der Waals surface area contributed by atoms with Gasteiger partial charge in [-0.3, -0.25) is 24.7 Å². The molecule has 150 valence electrons. The maximum atomic E-state index is 13.4. The van der Waals surface area contributed by atoms with E-state index in [-0.39, 0.29) is 23.0 Å². The number of aliphatic imine (C=N–C) groups is 1. The Labute approximate surface area is 170 Å². The fourth-order valence-electron chi connectivity index (χ4n) is 3.06. The third kappa shape index (κ3) is 3.69. The number of amides is 3. The summed E-state index contributed by atoms with van der Waals surface area (Å²) in [6, 6.07) is 9.57. The highest BCUT2D eigenvalue weighted by molar-refractivity contribution is 6.47. The molecule has 3 rings (SSSR count). The molecular weight excluding hydrogens is 401 g/mol. The van der Waals surface area contributed by atoms with Crippen molar-refractivity contribution >= 4 is 40.7 Å². The Kier molecular flexibility index (Phi) is 5.62. The fourth-order valence-corrected chi connectivity index (χ4v) is 3.26. The molecule has 1 unspecified atom stereocenters. The Hall–Kier alpha value is -3.30. The number of nitrogens with zero attached hydrogens (tertiary/aromatic N) is 1. The molecule has 0 saturated carbocycles. The summed E-state index contributed by atoms with van der Waals surface area (Å²) in [5.74, 6) is -2.52. The van der Waals surface area contributed by atoms with Gasteiger partial charge in [-0.1, -0.05) is 23.7 Å². The topological polar surface area (TPSA) is 126 Å². The van der Waals surface area contributed by atoms with E-state index in [0.29, 0.717) is 11.3 Å². The molecule has 0 spiro atoms. The molecule has 1 atom stereocenters. The SMILES string of the molecule is CNC(=O)C1=NCNC1(C(N)=O)c1ccc(NC(=O)c2cc(F)ccc2Cl)cc1. The normalized spacial score (nSPS) is 18.1. The first-order valence-corrected chi connectivity index (χ1v) is 8.86. The van der Waals surface area contributed by atoms with Gasteiger partial charge in [0, 0.05) is 12.7 Å². The van der Waals surface area contributed by atoms with Crippen LogP contribution in [0.15, 0.2) is 47.5 Å². The second kappa shape index (κ2) is 7.98. The smallest absolute Gasteiger partial charge is 0.267 e. The number of anilines is 1. The van der Waals surface area contributed by atoms with E-state index in [1.54, 1.807) is 0 Å². The van der Waals surface area contributed by atoms with Gasteiger partial charge >= 0.3 is 0 Å². The van der Waals surface area contributed by atoms with E-state index >= 15 is 0 Å². The number of halogens is 2. The second-order valence-corrected chi connectivity index (χ2v) is 6.60. The van der Waals surface area contributed by atoms with E-state index in [1.165, 1.54) is 37.4 Å². The third-order valence-corrected chi connectivity index (χ3v) is 4.83. The molecule has 1 heterocycles. The molecule has 0 fully saturated rings. The average Bonchev–Trinajstić information content (AvgIpc) is 3.16. The predicted molar refractivity (Wildman–Crippen MR) is 106 cm³/mol. The van der Waals surface area contributed by atoms with Gasteiger partial charge in [0.2, 0.25) is 5.91 Å². The van der Waals surface area contributed by atoms with Crippen molar-refractivity contribution in [3.63, 3.8) is 0 Å². The lowest BCUT2D eigenvalue weighted by atomic mass is 9.84. The molecule has 0 bridgehead atoms. The number of rotatable bonds is 5. The van der Waals surface area contributed by atoms with Crippen molar-refractivity contribution in [3.8, 4) is 0 Å². The van der Waals surface area contributed by atoms with E-state index in [2.05, 4.69) is 20.9 Å². The van der Waals surface area contributed by atoms with Crippen LogP contribution in [0.1, 0.15) is 15.9 Å². The van der Waals surface area contributed by atoms with Crippen molar-refractivity contribution < 1.29 is 18.8 Å². The van der Waals surface area contributed by atoms with Crippen LogP contribution in [-0.2, 0) is 15.1 Å². The van der Waals surface area contributed by atoms with Crippen LogP contribution in [-0.4, -0.2) is 37.1 Å². The van der Waals surface area contributed by atoms with Gasteiger partial charge in [0.25, 0.3) is 11.8 Å². The molecule has 0 aliphatic carbocycles. The van der Waals surface area contributed by atoms with Gasteiger partial charge in [-0.25, -0.2) is 4.39 Å². The van der Waals surface area contributed by atoms with Crippen LogP contribution in [0.3, 0.4) is 0 Å². The number of carbonyl (C=O) groups is 3. The number of carbonyl (C=O) groups excluding carboxylic acids is 3. The summed E-state index contributed by atoms with van der Waals surface area (Å²) in [4.78, 5) is 40.8. The number of primary amides is 1. The lowest BCUT2D eigenvalue weighted by molar-refractivity contribution is -0.123. The van der Waals surface area contributed by atoms with Gasteiger partial charge in [-0.05, 0) is 35.9 Å². The molecule has 10 heteroatoms. The van der Waals surface area contributed by atoms with Crippen LogP contribution < -0.4 is 21.7 Å². The van der Waals surface area contributed by atoms with E-state index in [9.17, 15) is 18.8 Å². The Bertz CT molecular complexity index is 1030. The average molecular weight is 418 g/mol. The zero-order valence-electron chi connectivity index (χ0n) is 15.3. The molecule has 2 aromatic rings. The molecule has 29 heavy (non-hydrogen) atoms. The van der Waals surface area contributed by atoms with Crippen molar-refractivity contribution in [1.29, 1.82) is 0 Å². The summed E-state index contributed by atoms with van der Waals surface area (Å²) in [6.45, 7) is 0.0439. The molecule has 5 N–H and O–H groups in total. The number of benzene rings is 2. The van der Waals surface area contributed by atoms with Gasteiger partial charge in [-0.2, -0.15) is 0 Å². The highest BCUT2D eigenvalue weighted by atomic mass is 35.5. The molecular formula is C19H17ClFN5O3. The van der Waals surface area contributed by atoms with Crippen molar-refractivity contribution in [1.82, 2.24) is 10.6 Å². The van der Waals surface area contributed by atoms with Gasteiger partial charge in [0.1, 0.15) is 11.5 Å². The fraction of sp³-hybridized carbons (Fsp3) is 0.158. The van der Waals surface area contributed by atoms with Crippen LogP contribution in [0.25, 0.3) is 0 Å². The number of hydrogen-bond donors (Lipinski definition) is 4. The van der Waals surface area contributed by atoms with Crippen LogP contribution in [0, 0.1) is 5.82 Å². The highest BCUT2D eigenvalue weighted by Crippen LogP contribution is 2.28. The first-order chi connectivity index (χ1) is 13.8. The highest BCUT2D eigenvalue weighted by Gasteiger charge is 2.49. The van der Waals surface area contributed by atoms with Crippen molar-refractivity contribution in [3.05, 3.63) is 64.4 Å². The van der Waals surface area contributed by atoms with Gasteiger partial charge < -0.3 is 16.4 Å². The Morgan fingerprint density at radius 1 is 1.17 bits per heavy atom. The molecule has 2 aromatic carbocycles. The molecule has 0 radical (unpaired) electrons. The quantitative estimate of drug-likeness (QED) is 0.582.